The number of carbonyl (C=O) groups excluding carboxylic acids is 1. The van der Waals surface area contributed by atoms with Gasteiger partial charge in [0.1, 0.15) is 0 Å². The van der Waals surface area contributed by atoms with Gasteiger partial charge in [-0.1, -0.05) is 17.7 Å². The molecule has 0 aliphatic carbocycles. The first-order chi connectivity index (χ1) is 9.17. The van der Waals surface area contributed by atoms with E-state index < -0.39 is 0 Å². The molecule has 1 amide bonds. The lowest BCUT2D eigenvalue weighted by Gasteiger charge is -2.28. The molecule has 0 unspecified atom stereocenters. The van der Waals surface area contributed by atoms with Crippen molar-refractivity contribution in [1.82, 2.24) is 4.90 Å². The minimum Gasteiger partial charge on any atom is -0.325 e. The van der Waals surface area contributed by atoms with Crippen LogP contribution >= 0.6 is 0 Å². The molecule has 0 bridgehead atoms. The fourth-order valence-corrected chi connectivity index (χ4v) is 2.26. The Morgan fingerprint density at radius 3 is 2.58 bits per heavy atom. The van der Waals surface area contributed by atoms with Crippen molar-refractivity contribution in [3.8, 4) is 6.07 Å². The summed E-state index contributed by atoms with van der Waals surface area (Å²) in [5, 5.41) is 11.7. The van der Waals surface area contributed by atoms with E-state index in [1.54, 1.807) is 0 Å². The molecular weight excluding hydrogens is 238 g/mol. The van der Waals surface area contributed by atoms with E-state index in [4.69, 9.17) is 5.26 Å². The van der Waals surface area contributed by atoms with Gasteiger partial charge < -0.3 is 5.32 Å². The number of hydrogen-bond donors (Lipinski definition) is 1. The van der Waals surface area contributed by atoms with Crippen LogP contribution in [0.4, 0.5) is 5.69 Å². The third kappa shape index (κ3) is 4.08. The molecule has 4 nitrogen and oxygen atoms in total. The molecule has 19 heavy (non-hydrogen) atoms. The molecule has 0 atom stereocenters. The van der Waals surface area contributed by atoms with E-state index >= 15 is 0 Å². The molecule has 1 heterocycles. The Labute approximate surface area is 114 Å². The van der Waals surface area contributed by atoms with Crippen molar-refractivity contribution >= 4 is 11.6 Å². The van der Waals surface area contributed by atoms with Crippen molar-refractivity contribution in [2.45, 2.75) is 19.8 Å². The average molecular weight is 257 g/mol. The Hall–Kier alpha value is -1.86. The van der Waals surface area contributed by atoms with Gasteiger partial charge in [0.15, 0.2) is 0 Å². The molecule has 0 radical (unpaired) electrons. The molecule has 100 valence electrons. The molecule has 0 saturated carbocycles. The maximum atomic E-state index is 11.9. The molecular formula is C15H19N3O. The summed E-state index contributed by atoms with van der Waals surface area (Å²) >= 11 is 0. The fraction of sp³-hybridized carbons (Fsp3) is 0.467. The predicted molar refractivity (Wildman–Crippen MR) is 74.6 cm³/mol. The maximum Gasteiger partial charge on any atom is 0.238 e. The van der Waals surface area contributed by atoms with Crippen LogP contribution in [0, 0.1) is 24.2 Å². The van der Waals surface area contributed by atoms with Crippen LogP contribution in [0.25, 0.3) is 0 Å². The van der Waals surface area contributed by atoms with Crippen LogP contribution in [-0.2, 0) is 4.79 Å². The number of piperidine rings is 1. The molecule has 2 rings (SSSR count). The van der Waals surface area contributed by atoms with Crippen LogP contribution in [0.5, 0.6) is 0 Å². The number of nitriles is 1. The largest absolute Gasteiger partial charge is 0.325 e. The van der Waals surface area contributed by atoms with Crippen molar-refractivity contribution in [2.75, 3.05) is 25.0 Å². The van der Waals surface area contributed by atoms with Crippen molar-refractivity contribution in [2.24, 2.45) is 5.92 Å². The van der Waals surface area contributed by atoms with Gasteiger partial charge in [0.2, 0.25) is 5.91 Å². The first-order valence-corrected chi connectivity index (χ1v) is 6.66. The smallest absolute Gasteiger partial charge is 0.238 e. The summed E-state index contributed by atoms with van der Waals surface area (Å²) in [4.78, 5) is 14.0. The molecule has 1 aromatic rings. The lowest BCUT2D eigenvalue weighted by Crippen LogP contribution is -2.39. The molecule has 4 heteroatoms. The van der Waals surface area contributed by atoms with Crippen molar-refractivity contribution in [3.05, 3.63) is 29.8 Å². The summed E-state index contributed by atoms with van der Waals surface area (Å²) < 4.78 is 0. The molecule has 1 fully saturated rings. The van der Waals surface area contributed by atoms with Gasteiger partial charge in [-0.05, 0) is 45.0 Å². The Kier molecular flexibility index (Phi) is 4.53. The normalized spacial score (nSPS) is 16.8. The highest BCUT2D eigenvalue weighted by Crippen LogP contribution is 2.16. The van der Waals surface area contributed by atoms with E-state index in [1.807, 2.05) is 31.2 Å². The van der Waals surface area contributed by atoms with Crippen LogP contribution in [-0.4, -0.2) is 30.4 Å². The average Bonchev–Trinajstić information content (AvgIpc) is 2.42. The van der Waals surface area contributed by atoms with E-state index in [-0.39, 0.29) is 11.8 Å². The number of hydrogen-bond acceptors (Lipinski definition) is 3. The summed E-state index contributed by atoms with van der Waals surface area (Å²) in [6.07, 6.45) is 1.74. The van der Waals surface area contributed by atoms with Crippen LogP contribution in [0.2, 0.25) is 0 Å². The summed E-state index contributed by atoms with van der Waals surface area (Å²) in [7, 11) is 0. The standard InChI is InChI=1S/C15H19N3O/c1-12-2-4-14(5-3-12)17-15(19)11-18-8-6-13(10-16)7-9-18/h2-5,13H,6-9,11H2,1H3,(H,17,19). The minimum atomic E-state index is 0.0132. The summed E-state index contributed by atoms with van der Waals surface area (Å²) in [5.74, 6) is 0.177. The van der Waals surface area contributed by atoms with Gasteiger partial charge in [0.25, 0.3) is 0 Å². The highest BCUT2D eigenvalue weighted by molar-refractivity contribution is 5.92. The molecule has 1 aliphatic rings. The van der Waals surface area contributed by atoms with E-state index in [0.29, 0.717) is 6.54 Å². The Bertz CT molecular complexity index is 467. The van der Waals surface area contributed by atoms with Gasteiger partial charge in [-0.2, -0.15) is 5.26 Å². The van der Waals surface area contributed by atoms with Gasteiger partial charge in [0.05, 0.1) is 12.6 Å². The molecule has 1 aromatic carbocycles. The third-order valence-corrected chi connectivity index (χ3v) is 3.47. The monoisotopic (exact) mass is 257 g/mol. The van der Waals surface area contributed by atoms with Gasteiger partial charge in [0, 0.05) is 11.6 Å². The number of anilines is 1. The van der Waals surface area contributed by atoms with Crippen molar-refractivity contribution in [1.29, 1.82) is 5.26 Å². The zero-order valence-electron chi connectivity index (χ0n) is 11.2. The second-order valence-electron chi connectivity index (χ2n) is 5.09. The van der Waals surface area contributed by atoms with E-state index in [1.165, 1.54) is 5.56 Å². The minimum absolute atomic E-state index is 0.0132. The SMILES string of the molecule is Cc1ccc(NC(=O)CN2CCC(C#N)CC2)cc1. The summed E-state index contributed by atoms with van der Waals surface area (Å²) in [6, 6.07) is 10.1. The number of nitrogens with one attached hydrogen (secondary N) is 1. The first-order valence-electron chi connectivity index (χ1n) is 6.66. The lowest BCUT2D eigenvalue weighted by atomic mass is 9.99. The van der Waals surface area contributed by atoms with Crippen LogP contribution in [0.15, 0.2) is 24.3 Å². The zero-order chi connectivity index (χ0) is 13.7. The second kappa shape index (κ2) is 6.35. The number of amides is 1. The lowest BCUT2D eigenvalue weighted by molar-refractivity contribution is -0.117. The number of rotatable bonds is 3. The molecule has 1 saturated heterocycles. The maximum absolute atomic E-state index is 11.9. The number of likely N-dealkylation sites (tertiary alicyclic amines) is 1. The Balaban J connectivity index is 1.79. The number of benzene rings is 1. The number of aryl methyl sites for hydroxylation is 1. The number of nitrogens with zero attached hydrogens (tertiary/aromatic N) is 2. The van der Waals surface area contributed by atoms with E-state index in [2.05, 4.69) is 16.3 Å². The number of carbonyl (C=O) groups is 1. The van der Waals surface area contributed by atoms with Gasteiger partial charge in [-0.3, -0.25) is 9.69 Å². The summed E-state index contributed by atoms with van der Waals surface area (Å²) in [6.45, 7) is 4.09. The molecule has 1 N–H and O–H groups in total. The van der Waals surface area contributed by atoms with Crippen LogP contribution < -0.4 is 5.32 Å². The third-order valence-electron chi connectivity index (χ3n) is 3.47. The molecule has 0 spiro atoms. The van der Waals surface area contributed by atoms with Crippen LogP contribution in [0.3, 0.4) is 0 Å². The van der Waals surface area contributed by atoms with Gasteiger partial charge in [-0.15, -0.1) is 0 Å². The highest BCUT2D eigenvalue weighted by Gasteiger charge is 2.20. The van der Waals surface area contributed by atoms with E-state index in [9.17, 15) is 4.79 Å². The van der Waals surface area contributed by atoms with E-state index in [0.717, 1.165) is 31.6 Å². The van der Waals surface area contributed by atoms with Crippen molar-refractivity contribution < 1.29 is 4.79 Å². The first kappa shape index (κ1) is 13.6. The molecule has 1 aliphatic heterocycles. The van der Waals surface area contributed by atoms with Crippen LogP contribution in [0.1, 0.15) is 18.4 Å². The predicted octanol–water partition coefficient (Wildman–Crippen LogP) is 2.17. The quantitative estimate of drug-likeness (QED) is 0.902. The van der Waals surface area contributed by atoms with Gasteiger partial charge >= 0.3 is 0 Å². The Morgan fingerprint density at radius 2 is 2.00 bits per heavy atom. The molecule has 0 aromatic heterocycles. The second-order valence-corrected chi connectivity index (χ2v) is 5.09. The van der Waals surface area contributed by atoms with Crippen molar-refractivity contribution in [3.63, 3.8) is 0 Å². The van der Waals surface area contributed by atoms with Gasteiger partial charge in [-0.25, -0.2) is 0 Å². The zero-order valence-corrected chi connectivity index (χ0v) is 11.2. The Morgan fingerprint density at radius 1 is 1.37 bits per heavy atom. The summed E-state index contributed by atoms with van der Waals surface area (Å²) in [5.41, 5.74) is 2.01. The fourth-order valence-electron chi connectivity index (χ4n) is 2.26. The topological polar surface area (TPSA) is 56.1 Å². The highest BCUT2D eigenvalue weighted by atomic mass is 16.2.